The van der Waals surface area contributed by atoms with Crippen LogP contribution in [0.25, 0.3) is 5.69 Å². The highest BCUT2D eigenvalue weighted by atomic mass is 32.2. The molecular formula is C19H24N4O3S. The van der Waals surface area contributed by atoms with E-state index in [1.54, 1.807) is 6.33 Å². The van der Waals surface area contributed by atoms with Crippen LogP contribution in [0, 0.1) is 12.8 Å². The monoisotopic (exact) mass is 388 g/mol. The van der Waals surface area contributed by atoms with Crippen molar-refractivity contribution in [2.45, 2.75) is 50.2 Å². The molecule has 2 N–H and O–H groups in total. The second kappa shape index (κ2) is 8.12. The summed E-state index contributed by atoms with van der Waals surface area (Å²) in [6, 6.07) is 7.96. The van der Waals surface area contributed by atoms with E-state index in [4.69, 9.17) is 0 Å². The Balaban J connectivity index is 1.64. The molecule has 2 atom stereocenters. The first-order valence-electron chi connectivity index (χ1n) is 9.03. The number of rotatable bonds is 6. The van der Waals surface area contributed by atoms with Crippen molar-refractivity contribution < 1.29 is 14.7 Å². The van der Waals surface area contributed by atoms with Crippen molar-refractivity contribution in [1.82, 2.24) is 20.1 Å². The van der Waals surface area contributed by atoms with Crippen LogP contribution in [0.3, 0.4) is 0 Å². The average Bonchev–Trinajstić information content (AvgIpc) is 3.09. The van der Waals surface area contributed by atoms with E-state index in [0.29, 0.717) is 18.0 Å². The number of carbonyl (C=O) groups excluding carboxylic acids is 1. The number of carbonyl (C=O) groups is 2. The molecule has 2 unspecified atom stereocenters. The highest BCUT2D eigenvalue weighted by molar-refractivity contribution is 7.99. The van der Waals surface area contributed by atoms with Crippen molar-refractivity contribution in [1.29, 1.82) is 0 Å². The van der Waals surface area contributed by atoms with E-state index in [1.807, 2.05) is 42.7 Å². The normalized spacial score (nSPS) is 22.4. The molecule has 1 aliphatic rings. The van der Waals surface area contributed by atoms with E-state index in [-0.39, 0.29) is 11.7 Å². The third-order valence-corrected chi connectivity index (χ3v) is 6.04. The summed E-state index contributed by atoms with van der Waals surface area (Å²) >= 11 is 1.29. The number of nitrogens with zero attached hydrogens (tertiary/aromatic N) is 3. The summed E-state index contributed by atoms with van der Waals surface area (Å²) in [7, 11) is 0. The number of carboxylic acids is 1. The van der Waals surface area contributed by atoms with Crippen LogP contribution in [-0.4, -0.2) is 43.0 Å². The van der Waals surface area contributed by atoms with Crippen molar-refractivity contribution >= 4 is 23.6 Å². The van der Waals surface area contributed by atoms with Gasteiger partial charge in [-0.05, 0) is 38.8 Å². The molecule has 1 saturated carbocycles. The van der Waals surface area contributed by atoms with Gasteiger partial charge in [0.05, 0.1) is 17.2 Å². The molecule has 0 spiro atoms. The Labute approximate surface area is 162 Å². The number of hydrogen-bond donors (Lipinski definition) is 2. The number of aliphatic carboxylic acids is 1. The predicted molar refractivity (Wildman–Crippen MR) is 103 cm³/mol. The van der Waals surface area contributed by atoms with Crippen molar-refractivity contribution in [3.05, 3.63) is 36.2 Å². The molecule has 2 aromatic rings. The van der Waals surface area contributed by atoms with E-state index in [2.05, 4.69) is 15.5 Å². The maximum Gasteiger partial charge on any atom is 0.308 e. The van der Waals surface area contributed by atoms with Gasteiger partial charge in [0.15, 0.2) is 5.16 Å². The van der Waals surface area contributed by atoms with E-state index in [9.17, 15) is 14.7 Å². The largest absolute Gasteiger partial charge is 0.481 e. The van der Waals surface area contributed by atoms with Gasteiger partial charge in [-0.1, -0.05) is 42.3 Å². The number of nitrogens with one attached hydrogen (secondary N) is 1. The quantitative estimate of drug-likeness (QED) is 0.739. The fourth-order valence-electron chi connectivity index (χ4n) is 3.57. The summed E-state index contributed by atoms with van der Waals surface area (Å²) in [5, 5.41) is 21.1. The number of aromatic nitrogens is 3. The second-order valence-corrected chi connectivity index (χ2v) is 8.15. The Hall–Kier alpha value is -2.35. The van der Waals surface area contributed by atoms with Crippen LogP contribution in [0.1, 0.15) is 38.2 Å². The lowest BCUT2D eigenvalue weighted by molar-refractivity contribution is -0.146. The van der Waals surface area contributed by atoms with Crippen molar-refractivity contribution in [2.24, 2.45) is 5.92 Å². The van der Waals surface area contributed by atoms with Gasteiger partial charge in [-0.25, -0.2) is 0 Å². The van der Waals surface area contributed by atoms with Crippen LogP contribution >= 0.6 is 11.8 Å². The average molecular weight is 388 g/mol. The van der Waals surface area contributed by atoms with E-state index >= 15 is 0 Å². The zero-order valence-corrected chi connectivity index (χ0v) is 16.3. The zero-order valence-electron chi connectivity index (χ0n) is 15.5. The van der Waals surface area contributed by atoms with Crippen molar-refractivity contribution in [3.63, 3.8) is 0 Å². The lowest BCUT2D eigenvalue weighted by Gasteiger charge is -2.39. The molecule has 1 aliphatic carbocycles. The SMILES string of the molecule is Cc1ccc(-n2cnnc2SCC(=O)NC2(C)CCCCC2C(=O)O)cc1. The van der Waals surface area contributed by atoms with Crippen molar-refractivity contribution in [3.8, 4) is 5.69 Å². The van der Waals surface area contributed by atoms with E-state index < -0.39 is 17.4 Å². The Morgan fingerprint density at radius 1 is 1.33 bits per heavy atom. The molecule has 0 aliphatic heterocycles. The maximum atomic E-state index is 12.5. The standard InChI is InChI=1S/C19H24N4O3S/c1-13-6-8-14(9-7-13)23-12-20-22-18(23)27-11-16(24)21-19(2)10-4-3-5-15(19)17(25)26/h6-9,12,15H,3-5,10-11H2,1-2H3,(H,21,24)(H,25,26). The number of amides is 1. The molecule has 1 aromatic heterocycles. The number of hydrogen-bond acceptors (Lipinski definition) is 5. The van der Waals surface area contributed by atoms with E-state index in [1.165, 1.54) is 11.8 Å². The van der Waals surface area contributed by atoms with Crippen LogP contribution in [-0.2, 0) is 9.59 Å². The first-order valence-corrected chi connectivity index (χ1v) is 10.0. The summed E-state index contributed by atoms with van der Waals surface area (Å²) in [6.45, 7) is 3.86. The van der Waals surface area contributed by atoms with Gasteiger partial charge < -0.3 is 10.4 Å². The summed E-state index contributed by atoms with van der Waals surface area (Å²) < 4.78 is 1.83. The number of thioether (sulfide) groups is 1. The molecule has 1 fully saturated rings. The van der Waals surface area contributed by atoms with Gasteiger partial charge in [0, 0.05) is 5.69 Å². The summed E-state index contributed by atoms with van der Waals surface area (Å²) in [6.07, 6.45) is 4.71. The van der Waals surface area contributed by atoms with Crippen LogP contribution in [0.4, 0.5) is 0 Å². The number of aryl methyl sites for hydroxylation is 1. The molecule has 0 radical (unpaired) electrons. The number of carboxylic acid groups (broad SMARTS) is 1. The topological polar surface area (TPSA) is 97.1 Å². The van der Waals surface area contributed by atoms with E-state index in [0.717, 1.165) is 24.1 Å². The third-order valence-electron chi connectivity index (χ3n) is 5.09. The Morgan fingerprint density at radius 3 is 2.78 bits per heavy atom. The Kier molecular flexibility index (Phi) is 5.84. The highest BCUT2D eigenvalue weighted by Gasteiger charge is 2.42. The first kappa shape index (κ1) is 19.4. The van der Waals surface area contributed by atoms with Gasteiger partial charge in [0.2, 0.25) is 5.91 Å². The van der Waals surface area contributed by atoms with Crippen LogP contribution in [0.5, 0.6) is 0 Å². The highest BCUT2D eigenvalue weighted by Crippen LogP contribution is 2.34. The molecule has 1 amide bonds. The first-order chi connectivity index (χ1) is 12.9. The second-order valence-electron chi connectivity index (χ2n) is 7.21. The number of benzene rings is 1. The molecule has 144 valence electrons. The molecule has 3 rings (SSSR count). The van der Waals surface area contributed by atoms with Gasteiger partial charge in [0.25, 0.3) is 0 Å². The minimum atomic E-state index is -0.843. The minimum absolute atomic E-state index is 0.159. The summed E-state index contributed by atoms with van der Waals surface area (Å²) in [4.78, 5) is 24.0. The van der Waals surface area contributed by atoms with Gasteiger partial charge in [-0.3, -0.25) is 14.2 Å². The molecule has 1 heterocycles. The van der Waals surface area contributed by atoms with Crippen molar-refractivity contribution in [2.75, 3.05) is 5.75 Å². The van der Waals surface area contributed by atoms with Crippen LogP contribution in [0.15, 0.2) is 35.7 Å². The van der Waals surface area contributed by atoms with Crippen LogP contribution in [0.2, 0.25) is 0 Å². The maximum absolute atomic E-state index is 12.5. The predicted octanol–water partition coefficient (Wildman–Crippen LogP) is 2.82. The molecule has 8 heteroatoms. The van der Waals surface area contributed by atoms with Gasteiger partial charge in [-0.15, -0.1) is 10.2 Å². The molecular weight excluding hydrogens is 364 g/mol. The Morgan fingerprint density at radius 2 is 2.07 bits per heavy atom. The Bertz CT molecular complexity index is 821. The fourth-order valence-corrected chi connectivity index (χ4v) is 4.30. The molecule has 0 bridgehead atoms. The lowest BCUT2D eigenvalue weighted by atomic mass is 9.74. The third kappa shape index (κ3) is 4.50. The smallest absolute Gasteiger partial charge is 0.308 e. The minimum Gasteiger partial charge on any atom is -0.481 e. The zero-order chi connectivity index (χ0) is 19.4. The summed E-state index contributed by atoms with van der Waals surface area (Å²) in [5.41, 5.74) is 1.39. The molecule has 1 aromatic carbocycles. The molecule has 27 heavy (non-hydrogen) atoms. The fraction of sp³-hybridized carbons (Fsp3) is 0.474. The van der Waals surface area contributed by atoms with Gasteiger partial charge in [-0.2, -0.15) is 0 Å². The molecule has 0 saturated heterocycles. The van der Waals surface area contributed by atoms with Crippen LogP contribution < -0.4 is 5.32 Å². The lowest BCUT2D eigenvalue weighted by Crippen LogP contribution is -2.55. The summed E-state index contributed by atoms with van der Waals surface area (Å²) in [5.74, 6) is -1.42. The van der Waals surface area contributed by atoms with Gasteiger partial charge in [0.1, 0.15) is 6.33 Å². The van der Waals surface area contributed by atoms with Gasteiger partial charge >= 0.3 is 5.97 Å². The molecule has 7 nitrogen and oxygen atoms in total.